The van der Waals surface area contributed by atoms with Gasteiger partial charge >= 0.3 is 0 Å². The van der Waals surface area contributed by atoms with E-state index >= 15 is 0 Å². The van der Waals surface area contributed by atoms with Crippen molar-refractivity contribution in [3.63, 3.8) is 0 Å². The zero-order valence-corrected chi connectivity index (χ0v) is 18.8. The summed E-state index contributed by atoms with van der Waals surface area (Å²) in [5.41, 5.74) is 2.07. The molecule has 0 fully saturated rings. The number of methoxy groups -OCH3 is 3. The maximum Gasteiger partial charge on any atom is 0.194 e. The lowest BCUT2D eigenvalue weighted by Gasteiger charge is -2.20. The van der Waals surface area contributed by atoms with Crippen LogP contribution in [0.4, 0.5) is 0 Å². The number of hydrogen-bond acceptors (Lipinski definition) is 4. The lowest BCUT2D eigenvalue weighted by molar-refractivity contribution is 0.367. The Bertz CT molecular complexity index is 712. The molecule has 0 atom stereocenters. The summed E-state index contributed by atoms with van der Waals surface area (Å²) in [4.78, 5) is 6.63. The second-order valence-electron chi connectivity index (χ2n) is 5.88. The maximum absolute atomic E-state index is 5.50. The zero-order chi connectivity index (χ0) is 18.9. The molecule has 1 N–H and O–H groups in total. The van der Waals surface area contributed by atoms with Gasteiger partial charge in [-0.2, -0.15) is 0 Å². The number of nitrogens with one attached hydrogen (secondary N) is 1. The number of hydrogen-bond donors (Lipinski definition) is 1. The van der Waals surface area contributed by atoms with Crippen LogP contribution in [0.3, 0.4) is 0 Å². The molecule has 0 saturated carbocycles. The highest BCUT2D eigenvalue weighted by Crippen LogP contribution is 2.33. The van der Waals surface area contributed by atoms with Gasteiger partial charge in [-0.3, -0.25) is 0 Å². The lowest BCUT2D eigenvalue weighted by Crippen LogP contribution is -2.36. The van der Waals surface area contributed by atoms with Crippen LogP contribution in [0.5, 0.6) is 17.2 Å². The summed E-state index contributed by atoms with van der Waals surface area (Å²) in [6.45, 7) is 1.13. The standard InChI is InChI=1S/C20H27N3O3.HI/c1-23(2)20(21-13-15-9-7-6-8-10-15)22-14-17-18(25-4)11-16(24-3)12-19(17)26-5;/h6-12H,13-14H2,1-5H3,(H,21,22);1H. The second kappa shape index (κ2) is 11.5. The van der Waals surface area contributed by atoms with Gasteiger partial charge in [-0.1, -0.05) is 30.3 Å². The van der Waals surface area contributed by atoms with Crippen LogP contribution in [0.25, 0.3) is 0 Å². The van der Waals surface area contributed by atoms with Gasteiger partial charge < -0.3 is 24.4 Å². The number of rotatable bonds is 7. The van der Waals surface area contributed by atoms with Gasteiger partial charge in [0.1, 0.15) is 17.2 Å². The normalized spacial score (nSPS) is 10.6. The number of halogens is 1. The molecule has 6 nitrogen and oxygen atoms in total. The lowest BCUT2D eigenvalue weighted by atomic mass is 10.1. The Balaban J connectivity index is 0.00000364. The van der Waals surface area contributed by atoms with E-state index in [1.165, 1.54) is 0 Å². The quantitative estimate of drug-likeness (QED) is 0.370. The number of ether oxygens (including phenoxy) is 3. The monoisotopic (exact) mass is 485 g/mol. The average molecular weight is 485 g/mol. The van der Waals surface area contributed by atoms with E-state index in [1.54, 1.807) is 21.3 Å². The molecule has 27 heavy (non-hydrogen) atoms. The van der Waals surface area contributed by atoms with Gasteiger partial charge in [0.25, 0.3) is 0 Å². The van der Waals surface area contributed by atoms with E-state index in [4.69, 9.17) is 14.2 Å². The minimum absolute atomic E-state index is 0. The van der Waals surface area contributed by atoms with Gasteiger partial charge in [-0.15, -0.1) is 24.0 Å². The van der Waals surface area contributed by atoms with Crippen LogP contribution in [-0.4, -0.2) is 46.3 Å². The summed E-state index contributed by atoms with van der Waals surface area (Å²) >= 11 is 0. The largest absolute Gasteiger partial charge is 0.496 e. The molecule has 0 aliphatic carbocycles. The van der Waals surface area contributed by atoms with Gasteiger partial charge in [0, 0.05) is 26.2 Å². The summed E-state index contributed by atoms with van der Waals surface area (Å²) < 4.78 is 16.3. The topological polar surface area (TPSA) is 55.3 Å². The predicted octanol–water partition coefficient (Wildman–Crippen LogP) is 3.54. The molecule has 0 saturated heterocycles. The van der Waals surface area contributed by atoms with Crippen molar-refractivity contribution in [1.82, 2.24) is 10.2 Å². The van der Waals surface area contributed by atoms with E-state index in [9.17, 15) is 0 Å². The molecule has 148 valence electrons. The average Bonchev–Trinajstić information content (AvgIpc) is 2.67. The third kappa shape index (κ3) is 6.50. The predicted molar refractivity (Wildman–Crippen MR) is 120 cm³/mol. The highest BCUT2D eigenvalue weighted by Gasteiger charge is 2.14. The third-order valence-electron chi connectivity index (χ3n) is 3.92. The fourth-order valence-corrected chi connectivity index (χ4v) is 2.52. The minimum atomic E-state index is 0. The van der Waals surface area contributed by atoms with Crippen molar-refractivity contribution in [3.05, 3.63) is 53.6 Å². The molecule has 0 spiro atoms. The maximum atomic E-state index is 5.50. The second-order valence-corrected chi connectivity index (χ2v) is 5.88. The van der Waals surface area contributed by atoms with E-state index < -0.39 is 0 Å². The molecule has 0 radical (unpaired) electrons. The molecule has 0 unspecified atom stereocenters. The van der Waals surface area contributed by atoms with Crippen molar-refractivity contribution in [3.8, 4) is 17.2 Å². The molecule has 7 heteroatoms. The highest BCUT2D eigenvalue weighted by molar-refractivity contribution is 14.0. The molecule has 2 rings (SSSR count). The van der Waals surface area contributed by atoms with Crippen LogP contribution >= 0.6 is 24.0 Å². The van der Waals surface area contributed by atoms with Crippen LogP contribution in [0, 0.1) is 0 Å². The van der Waals surface area contributed by atoms with Crippen LogP contribution in [0.1, 0.15) is 11.1 Å². The molecule has 0 aliphatic rings. The SMILES string of the molecule is COc1cc(OC)c(CNC(=NCc2ccccc2)N(C)C)c(OC)c1.I. The Morgan fingerprint density at radius 1 is 0.963 bits per heavy atom. The fourth-order valence-electron chi connectivity index (χ4n) is 2.52. The summed E-state index contributed by atoms with van der Waals surface area (Å²) in [6.07, 6.45) is 0. The van der Waals surface area contributed by atoms with E-state index in [0.717, 1.165) is 17.1 Å². The number of nitrogens with zero attached hydrogens (tertiary/aromatic N) is 2. The Kier molecular flexibility index (Phi) is 9.77. The molecular weight excluding hydrogens is 457 g/mol. The van der Waals surface area contributed by atoms with E-state index in [2.05, 4.69) is 22.4 Å². The number of benzene rings is 2. The van der Waals surface area contributed by atoms with Gasteiger partial charge in [0.15, 0.2) is 5.96 Å². The summed E-state index contributed by atoms with van der Waals surface area (Å²) in [7, 11) is 8.80. The summed E-state index contributed by atoms with van der Waals surface area (Å²) in [5, 5.41) is 3.37. The van der Waals surface area contributed by atoms with Crippen molar-refractivity contribution in [2.45, 2.75) is 13.1 Å². The Morgan fingerprint density at radius 3 is 2.04 bits per heavy atom. The van der Waals surface area contributed by atoms with E-state index in [1.807, 2.05) is 49.3 Å². The highest BCUT2D eigenvalue weighted by atomic mass is 127. The van der Waals surface area contributed by atoms with Crippen molar-refractivity contribution in [2.75, 3.05) is 35.4 Å². The molecule has 0 aliphatic heterocycles. The summed E-state index contributed by atoms with van der Waals surface area (Å²) in [5.74, 6) is 2.88. The third-order valence-corrected chi connectivity index (χ3v) is 3.92. The van der Waals surface area contributed by atoms with E-state index in [-0.39, 0.29) is 24.0 Å². The first-order chi connectivity index (χ1) is 12.6. The number of aliphatic imine (C=N–C) groups is 1. The fraction of sp³-hybridized carbons (Fsp3) is 0.350. The van der Waals surface area contributed by atoms with Gasteiger partial charge in [-0.25, -0.2) is 4.99 Å². The van der Waals surface area contributed by atoms with Gasteiger partial charge in [-0.05, 0) is 5.56 Å². The smallest absolute Gasteiger partial charge is 0.194 e. The first kappa shape index (κ1) is 22.9. The van der Waals surface area contributed by atoms with Crippen LogP contribution in [0.2, 0.25) is 0 Å². The Morgan fingerprint density at radius 2 is 1.56 bits per heavy atom. The van der Waals surface area contributed by atoms with Crippen molar-refractivity contribution < 1.29 is 14.2 Å². The molecule has 0 amide bonds. The van der Waals surface area contributed by atoms with E-state index in [0.29, 0.717) is 30.3 Å². The van der Waals surface area contributed by atoms with Crippen molar-refractivity contribution in [1.29, 1.82) is 0 Å². The molecule has 2 aromatic rings. The Hall–Kier alpha value is -2.16. The number of guanidine groups is 1. The Labute approximate surface area is 178 Å². The first-order valence-electron chi connectivity index (χ1n) is 8.37. The van der Waals surface area contributed by atoms with Gasteiger partial charge in [0.2, 0.25) is 0 Å². The molecule has 0 bridgehead atoms. The van der Waals surface area contributed by atoms with Crippen molar-refractivity contribution in [2.24, 2.45) is 4.99 Å². The first-order valence-corrected chi connectivity index (χ1v) is 8.37. The van der Waals surface area contributed by atoms with Gasteiger partial charge in [0.05, 0.1) is 40.0 Å². The van der Waals surface area contributed by atoms with Crippen LogP contribution in [-0.2, 0) is 13.1 Å². The van der Waals surface area contributed by atoms with Crippen LogP contribution in [0.15, 0.2) is 47.5 Å². The zero-order valence-electron chi connectivity index (χ0n) is 16.5. The minimum Gasteiger partial charge on any atom is -0.496 e. The van der Waals surface area contributed by atoms with Crippen molar-refractivity contribution >= 4 is 29.9 Å². The molecule has 2 aromatic carbocycles. The summed E-state index contributed by atoms with van der Waals surface area (Å²) in [6, 6.07) is 13.8. The molecular formula is C20H28IN3O3. The van der Waals surface area contributed by atoms with Crippen LogP contribution < -0.4 is 19.5 Å². The molecule has 0 aromatic heterocycles. The molecule has 0 heterocycles.